The second kappa shape index (κ2) is 9.05. The molecule has 0 aromatic heterocycles. The van der Waals surface area contributed by atoms with E-state index in [2.05, 4.69) is 59.0 Å². The van der Waals surface area contributed by atoms with Crippen LogP contribution in [0.4, 0.5) is 0 Å². The Bertz CT molecular complexity index is 491. The summed E-state index contributed by atoms with van der Waals surface area (Å²) in [5, 5.41) is 1.72. The van der Waals surface area contributed by atoms with Crippen molar-refractivity contribution in [3.8, 4) is 0 Å². The van der Waals surface area contributed by atoms with Crippen molar-refractivity contribution in [3.63, 3.8) is 0 Å². The summed E-state index contributed by atoms with van der Waals surface area (Å²) >= 11 is 0. The number of halogens is 2. The van der Waals surface area contributed by atoms with E-state index in [-0.39, 0.29) is 56.1 Å². The molecule has 0 amide bonds. The van der Waals surface area contributed by atoms with Gasteiger partial charge in [0, 0.05) is 34.6 Å². The minimum absolute atomic E-state index is 0. The number of hydrogen-bond acceptors (Lipinski definition) is 0. The van der Waals surface area contributed by atoms with Crippen LogP contribution >= 0.6 is 0 Å². The summed E-state index contributed by atoms with van der Waals surface area (Å²) in [5.74, 6) is 0. The third kappa shape index (κ3) is 5.06. The smallest absolute Gasteiger partial charge is 0.0395 e. The van der Waals surface area contributed by atoms with Gasteiger partial charge in [0.15, 0.2) is 0 Å². The fraction of sp³-hybridized carbons (Fsp3) is 0.529. The maximum Gasteiger partial charge on any atom is 0.0395 e. The van der Waals surface area contributed by atoms with Crippen LogP contribution < -0.4 is 24.8 Å². The molecule has 0 spiro atoms. The fourth-order valence-corrected chi connectivity index (χ4v) is 4.32. The van der Waals surface area contributed by atoms with E-state index in [4.69, 9.17) is 0 Å². The topological polar surface area (TPSA) is 0 Å². The van der Waals surface area contributed by atoms with Crippen LogP contribution in [0.1, 0.15) is 40.5 Å². The molecule has 0 bridgehead atoms. The number of hydrogen-bond donors (Lipinski definition) is 0. The second-order valence-corrected chi connectivity index (χ2v) is 9.81. The molecule has 0 N–H and O–H groups in total. The minimum atomic E-state index is -0.740. The summed E-state index contributed by atoms with van der Waals surface area (Å²) in [7, 11) is -0.740. The second-order valence-electron chi connectivity index (χ2n) is 6.80. The molecule has 4 heteroatoms. The molecule has 0 saturated carbocycles. The molecule has 0 aromatic carbocycles. The molecular weight excluding hydrogens is 482 g/mol. The van der Waals surface area contributed by atoms with E-state index in [9.17, 15) is 0 Å². The van der Waals surface area contributed by atoms with Crippen LogP contribution in [0, 0.1) is 11.5 Å². The minimum Gasteiger partial charge on any atom is -1.00 e. The van der Waals surface area contributed by atoms with E-state index in [1.165, 1.54) is 11.1 Å². The first kappa shape index (κ1) is 23.9. The summed E-state index contributed by atoms with van der Waals surface area (Å²) in [4.78, 5) is 0. The Hall–Kier alpha value is 0.627. The van der Waals surface area contributed by atoms with E-state index in [1.54, 1.807) is 16.3 Å². The third-order valence-electron chi connectivity index (χ3n) is 3.94. The maximum atomic E-state index is 3.69. The molecule has 2 aliphatic rings. The van der Waals surface area contributed by atoms with Gasteiger partial charge in [-0.15, -0.1) is 12.0 Å². The molecule has 0 aliphatic heterocycles. The van der Waals surface area contributed by atoms with Crippen LogP contribution in [0.2, 0.25) is 13.1 Å². The zero-order chi connectivity index (χ0) is 13.5. The monoisotopic (exact) mass is 507 g/mol. The normalized spacial score (nSPS) is 17.6. The summed E-state index contributed by atoms with van der Waals surface area (Å²) < 4.78 is 0. The van der Waals surface area contributed by atoms with Crippen molar-refractivity contribution in [1.82, 2.24) is 0 Å². The molecule has 0 aromatic rings. The average Bonchev–Trinajstić information content (AvgIpc) is 2.80. The molecule has 0 saturated heterocycles. The zero-order valence-electron chi connectivity index (χ0n) is 13.9. The van der Waals surface area contributed by atoms with Crippen molar-refractivity contribution in [2.24, 2.45) is 5.41 Å². The number of rotatable bonds is 2. The summed E-state index contributed by atoms with van der Waals surface area (Å²) in [6.45, 7) is 14.1. The SMILES string of the molecule is CC1=C(C2=C([SiH](C)C)C[C-]=C2C(C)(C)C)CC=C1.[Cl-].[Cl-].[Hf]. The Morgan fingerprint density at radius 1 is 1.14 bits per heavy atom. The van der Waals surface area contributed by atoms with Gasteiger partial charge >= 0.3 is 0 Å². The summed E-state index contributed by atoms with van der Waals surface area (Å²) in [6, 6.07) is 0. The molecule has 21 heavy (non-hydrogen) atoms. The molecule has 118 valence electrons. The Morgan fingerprint density at radius 3 is 2.10 bits per heavy atom. The van der Waals surface area contributed by atoms with Gasteiger partial charge in [-0.1, -0.05) is 51.6 Å². The van der Waals surface area contributed by atoms with Crippen LogP contribution in [0.25, 0.3) is 0 Å². The van der Waals surface area contributed by atoms with Crippen LogP contribution in [0.15, 0.2) is 39.6 Å². The molecule has 0 unspecified atom stereocenters. The summed E-state index contributed by atoms with van der Waals surface area (Å²) in [6.07, 6.45) is 10.5. The Morgan fingerprint density at radius 2 is 1.71 bits per heavy atom. The van der Waals surface area contributed by atoms with Gasteiger partial charge in [0.05, 0.1) is 0 Å². The van der Waals surface area contributed by atoms with Gasteiger partial charge in [0.1, 0.15) is 0 Å². The molecule has 0 fully saturated rings. The van der Waals surface area contributed by atoms with Crippen molar-refractivity contribution >= 4 is 8.80 Å². The predicted molar refractivity (Wildman–Crippen MR) is 83.2 cm³/mol. The first-order valence-corrected chi connectivity index (χ1v) is 9.92. The van der Waals surface area contributed by atoms with E-state index < -0.39 is 8.80 Å². The third-order valence-corrected chi connectivity index (χ3v) is 5.83. The molecule has 0 heterocycles. The molecule has 2 rings (SSSR count). The van der Waals surface area contributed by atoms with Crippen molar-refractivity contribution in [2.45, 2.75) is 53.6 Å². The van der Waals surface area contributed by atoms with Crippen LogP contribution in [-0.4, -0.2) is 8.80 Å². The molecule has 0 radical (unpaired) electrons. The van der Waals surface area contributed by atoms with E-state index in [0.717, 1.165) is 12.8 Å². The van der Waals surface area contributed by atoms with E-state index >= 15 is 0 Å². The van der Waals surface area contributed by atoms with Crippen LogP contribution in [0.3, 0.4) is 0 Å². The Kier molecular flexibility index (Phi) is 10.3. The largest absolute Gasteiger partial charge is 1.00 e. The van der Waals surface area contributed by atoms with Gasteiger partial charge in [-0.25, -0.2) is 5.57 Å². The van der Waals surface area contributed by atoms with Crippen molar-refractivity contribution in [2.75, 3.05) is 0 Å². The zero-order valence-corrected chi connectivity index (χ0v) is 20.2. The molecule has 2 aliphatic carbocycles. The van der Waals surface area contributed by atoms with E-state index in [0.29, 0.717) is 0 Å². The van der Waals surface area contributed by atoms with Gasteiger partial charge in [-0.3, -0.25) is 6.08 Å². The quantitative estimate of drug-likeness (QED) is 0.325. The van der Waals surface area contributed by atoms with Crippen LogP contribution in [0.5, 0.6) is 0 Å². The first-order valence-electron chi connectivity index (χ1n) is 7.03. The predicted octanol–water partition coefficient (Wildman–Crippen LogP) is -1.23. The van der Waals surface area contributed by atoms with Crippen LogP contribution in [-0.2, 0) is 25.8 Å². The average molecular weight is 507 g/mol. The number of allylic oxidation sites excluding steroid dienone is 8. The van der Waals surface area contributed by atoms with Crippen molar-refractivity contribution in [1.29, 1.82) is 0 Å². The Labute approximate surface area is 163 Å². The van der Waals surface area contributed by atoms with Crippen molar-refractivity contribution in [3.05, 3.63) is 45.7 Å². The van der Waals surface area contributed by atoms with Gasteiger partial charge in [-0.2, -0.15) is 10.8 Å². The van der Waals surface area contributed by atoms with Gasteiger partial charge in [0.25, 0.3) is 0 Å². The van der Waals surface area contributed by atoms with Gasteiger partial charge in [0.2, 0.25) is 0 Å². The van der Waals surface area contributed by atoms with Gasteiger partial charge in [-0.05, 0) is 18.8 Å². The first-order chi connectivity index (χ1) is 8.32. The van der Waals surface area contributed by atoms with Gasteiger partial charge < -0.3 is 24.8 Å². The van der Waals surface area contributed by atoms with Crippen molar-refractivity contribution < 1.29 is 50.7 Å². The summed E-state index contributed by atoms with van der Waals surface area (Å²) in [5.41, 5.74) is 6.31. The molecular formula is C17H25Cl2HfSi-3. The fourth-order valence-electron chi connectivity index (χ4n) is 2.91. The Balaban J connectivity index is 0. The standard InChI is InChI=1S/C17H25Si.2ClH.Hf/c1-12-8-7-9-13(12)16-14(17(2,3)4)10-11-15(16)18(5)6;;;/h7-8,18H,9,11H2,1-6H3;2*1H;/q-1;;;/p-2. The maximum absolute atomic E-state index is 3.69. The molecule has 0 atom stereocenters. The molecule has 0 nitrogen and oxygen atoms in total. The van der Waals surface area contributed by atoms with E-state index in [1.807, 2.05) is 0 Å².